The van der Waals surface area contributed by atoms with Crippen molar-refractivity contribution in [1.82, 2.24) is 14.4 Å². The third kappa shape index (κ3) is 6.19. The summed E-state index contributed by atoms with van der Waals surface area (Å²) in [6.07, 6.45) is 5.89. The second kappa shape index (κ2) is 10.6. The summed E-state index contributed by atoms with van der Waals surface area (Å²) < 4.78 is 24.7. The van der Waals surface area contributed by atoms with E-state index in [1.54, 1.807) is 4.90 Å². The molecular weight excluding hydrogens is 434 g/mol. The monoisotopic (exact) mass is 467 g/mol. The molecule has 4 rings (SSSR count). The van der Waals surface area contributed by atoms with Crippen molar-refractivity contribution < 1.29 is 23.1 Å². The third-order valence-corrected chi connectivity index (χ3v) is 7.51. The summed E-state index contributed by atoms with van der Waals surface area (Å²) in [4.78, 5) is 38.2. The molecule has 1 amide bonds. The van der Waals surface area contributed by atoms with E-state index in [0.29, 0.717) is 19.6 Å². The number of hydrogen-bond acceptors (Lipinski definition) is 6. The zero-order valence-corrected chi connectivity index (χ0v) is 19.4. The number of pyridine rings is 1. The van der Waals surface area contributed by atoms with E-state index in [9.17, 15) is 18.0 Å². The van der Waals surface area contributed by atoms with Crippen LogP contribution in [0.15, 0.2) is 16.9 Å². The highest BCUT2D eigenvalue weighted by Crippen LogP contribution is 2.35. The van der Waals surface area contributed by atoms with Gasteiger partial charge in [-0.2, -0.15) is 0 Å². The van der Waals surface area contributed by atoms with Gasteiger partial charge in [-0.05, 0) is 44.3 Å². The van der Waals surface area contributed by atoms with Crippen LogP contribution in [0.1, 0.15) is 49.3 Å². The maximum absolute atomic E-state index is 13.1. The van der Waals surface area contributed by atoms with E-state index in [1.165, 1.54) is 19.3 Å². The van der Waals surface area contributed by atoms with Gasteiger partial charge in [0.2, 0.25) is 5.91 Å². The highest BCUT2D eigenvalue weighted by Gasteiger charge is 2.36. The summed E-state index contributed by atoms with van der Waals surface area (Å²) in [5.41, 5.74) is 2.02. The van der Waals surface area contributed by atoms with E-state index in [2.05, 4.69) is 11.0 Å². The molecule has 2 fully saturated rings. The molecule has 3 aliphatic rings. The summed E-state index contributed by atoms with van der Waals surface area (Å²) in [6.45, 7) is 4.44. The van der Waals surface area contributed by atoms with Crippen LogP contribution in [-0.2, 0) is 32.5 Å². The molecule has 1 aromatic rings. The van der Waals surface area contributed by atoms with E-state index < -0.39 is 9.84 Å². The van der Waals surface area contributed by atoms with Gasteiger partial charge in [0.1, 0.15) is 9.84 Å². The summed E-state index contributed by atoms with van der Waals surface area (Å²) in [5, 5.41) is 6.89. The zero-order valence-electron chi connectivity index (χ0n) is 18.6. The Morgan fingerprint density at radius 3 is 2.50 bits per heavy atom. The van der Waals surface area contributed by atoms with Gasteiger partial charge in [-0.25, -0.2) is 8.42 Å². The number of piperidine rings is 2. The van der Waals surface area contributed by atoms with Crippen LogP contribution in [0.25, 0.3) is 0 Å². The van der Waals surface area contributed by atoms with E-state index in [0.717, 1.165) is 43.6 Å². The Hall–Kier alpha value is -2.20. The van der Waals surface area contributed by atoms with E-state index in [4.69, 9.17) is 9.90 Å². The van der Waals surface area contributed by atoms with Crippen molar-refractivity contribution in [3.8, 4) is 0 Å². The number of sulfone groups is 1. The molecular formula is C22H33N3O6S. The molecule has 1 aromatic heterocycles. The highest BCUT2D eigenvalue weighted by atomic mass is 32.2. The maximum Gasteiger partial charge on any atom is 0.290 e. The second-order valence-corrected chi connectivity index (χ2v) is 11.4. The van der Waals surface area contributed by atoms with Crippen LogP contribution in [0, 0.1) is 5.92 Å². The number of amides is 1. The average molecular weight is 468 g/mol. The van der Waals surface area contributed by atoms with Crippen LogP contribution in [-0.4, -0.2) is 78.5 Å². The smallest absolute Gasteiger partial charge is 0.290 e. The number of aromatic nitrogens is 1. The minimum absolute atomic E-state index is 0.0415. The van der Waals surface area contributed by atoms with Crippen molar-refractivity contribution in [2.24, 2.45) is 5.92 Å². The molecule has 1 N–H and O–H groups in total. The lowest BCUT2D eigenvalue weighted by atomic mass is 9.83. The van der Waals surface area contributed by atoms with Gasteiger partial charge in [-0.15, -0.1) is 0 Å². The number of hydrogen-bond donors (Lipinski definition) is 1. The van der Waals surface area contributed by atoms with Gasteiger partial charge in [0.25, 0.3) is 12.0 Å². The molecule has 3 aliphatic heterocycles. The van der Waals surface area contributed by atoms with Crippen LogP contribution < -0.4 is 5.56 Å². The predicted octanol–water partition coefficient (Wildman–Crippen LogP) is 0.915. The fourth-order valence-corrected chi connectivity index (χ4v) is 5.65. The first-order valence-corrected chi connectivity index (χ1v) is 13.3. The SMILES string of the molecule is CS(=O)(=O)CCC(=O)N1C[C@@H]2C[C@H](C1)c1ccc(CN3CCCCC3)c(=O)n1C2.O=CO. The Balaban J connectivity index is 0.000000913. The van der Waals surface area contributed by atoms with Gasteiger partial charge in [0, 0.05) is 56.0 Å². The Morgan fingerprint density at radius 2 is 1.84 bits per heavy atom. The molecule has 0 aliphatic carbocycles. The van der Waals surface area contributed by atoms with Crippen LogP contribution in [0.3, 0.4) is 0 Å². The van der Waals surface area contributed by atoms with Gasteiger partial charge in [-0.3, -0.25) is 19.3 Å². The molecule has 0 unspecified atom stereocenters. The molecule has 0 spiro atoms. The van der Waals surface area contributed by atoms with Gasteiger partial charge in [0.05, 0.1) is 5.75 Å². The first-order chi connectivity index (χ1) is 15.2. The lowest BCUT2D eigenvalue weighted by Gasteiger charge is -2.43. The predicted molar refractivity (Wildman–Crippen MR) is 120 cm³/mol. The lowest BCUT2D eigenvalue weighted by Crippen LogP contribution is -2.49. The van der Waals surface area contributed by atoms with Crippen molar-refractivity contribution in [2.45, 2.75) is 51.1 Å². The minimum atomic E-state index is -3.14. The summed E-state index contributed by atoms with van der Waals surface area (Å²) in [5.74, 6) is 0.212. The van der Waals surface area contributed by atoms with Gasteiger partial charge in [0.15, 0.2) is 0 Å². The average Bonchev–Trinajstić information content (AvgIpc) is 2.75. The maximum atomic E-state index is 13.1. The molecule has 10 heteroatoms. The molecule has 0 radical (unpaired) electrons. The van der Waals surface area contributed by atoms with Crippen LogP contribution in [0.4, 0.5) is 0 Å². The normalized spacial score (nSPS) is 23.0. The number of nitrogens with zero attached hydrogens (tertiary/aromatic N) is 3. The summed E-state index contributed by atoms with van der Waals surface area (Å²) >= 11 is 0. The van der Waals surface area contributed by atoms with E-state index >= 15 is 0 Å². The van der Waals surface area contributed by atoms with Crippen molar-refractivity contribution >= 4 is 22.2 Å². The first-order valence-electron chi connectivity index (χ1n) is 11.2. The summed E-state index contributed by atoms with van der Waals surface area (Å²) in [7, 11) is -3.14. The Kier molecular flexibility index (Phi) is 8.10. The highest BCUT2D eigenvalue weighted by molar-refractivity contribution is 7.90. The Morgan fingerprint density at radius 1 is 1.16 bits per heavy atom. The summed E-state index contributed by atoms with van der Waals surface area (Å²) in [6, 6.07) is 4.06. The number of likely N-dealkylation sites (tertiary alicyclic amines) is 2. The van der Waals surface area contributed by atoms with Crippen molar-refractivity contribution in [3.63, 3.8) is 0 Å². The van der Waals surface area contributed by atoms with Crippen LogP contribution in [0.5, 0.6) is 0 Å². The van der Waals surface area contributed by atoms with E-state index in [-0.39, 0.29) is 41.9 Å². The number of rotatable bonds is 5. The zero-order chi connectivity index (χ0) is 23.3. The fourth-order valence-electron chi connectivity index (χ4n) is 5.10. The van der Waals surface area contributed by atoms with Crippen molar-refractivity contribution in [3.05, 3.63) is 33.7 Å². The van der Waals surface area contributed by atoms with Crippen LogP contribution in [0.2, 0.25) is 0 Å². The molecule has 4 heterocycles. The molecule has 2 bridgehead atoms. The lowest BCUT2D eigenvalue weighted by molar-refractivity contribution is -0.133. The van der Waals surface area contributed by atoms with Gasteiger partial charge in [-0.1, -0.05) is 12.5 Å². The molecule has 2 saturated heterocycles. The quantitative estimate of drug-likeness (QED) is 0.640. The Bertz CT molecular complexity index is 984. The van der Waals surface area contributed by atoms with Crippen LogP contribution >= 0.6 is 0 Å². The van der Waals surface area contributed by atoms with Crippen molar-refractivity contribution in [1.29, 1.82) is 0 Å². The largest absolute Gasteiger partial charge is 0.483 e. The molecule has 9 nitrogen and oxygen atoms in total. The van der Waals surface area contributed by atoms with Crippen molar-refractivity contribution in [2.75, 3.05) is 38.2 Å². The topological polar surface area (TPSA) is 117 Å². The molecule has 178 valence electrons. The van der Waals surface area contributed by atoms with E-state index in [1.807, 2.05) is 10.6 Å². The second-order valence-electron chi connectivity index (χ2n) is 9.12. The first kappa shape index (κ1) is 24.4. The van der Waals surface area contributed by atoms with Gasteiger partial charge >= 0.3 is 0 Å². The third-order valence-electron chi connectivity index (χ3n) is 6.57. The molecule has 32 heavy (non-hydrogen) atoms. The number of carbonyl (C=O) groups is 2. The Labute approximate surface area is 188 Å². The molecule has 0 saturated carbocycles. The molecule has 2 atom stereocenters. The standard InChI is InChI=1S/C21H31N3O4S.CH2O2/c1-29(27,28)10-7-20(25)23-12-16-11-18(15-23)19-6-5-17(21(26)24(19)13-16)14-22-8-3-2-4-9-22;2-1-3/h5-6,16,18H,2-4,7-15H2,1H3;1H,(H,2,3)/t16-,18+;/m0./s1. The number of carboxylic acid groups (broad SMARTS) is 1. The van der Waals surface area contributed by atoms with Gasteiger partial charge < -0.3 is 14.6 Å². The minimum Gasteiger partial charge on any atom is -0.483 e. The number of fused-ring (bicyclic) bond motifs is 4. The number of carbonyl (C=O) groups excluding carboxylic acids is 1. The fraction of sp³-hybridized carbons (Fsp3) is 0.682. The molecule has 0 aromatic carbocycles.